The van der Waals surface area contributed by atoms with E-state index in [1.54, 1.807) is 27.4 Å². The molecule has 1 saturated heterocycles. The summed E-state index contributed by atoms with van der Waals surface area (Å²) in [5.74, 6) is 1.94. The van der Waals surface area contributed by atoms with Crippen molar-refractivity contribution in [3.05, 3.63) is 75.5 Å². The Morgan fingerprint density at radius 2 is 1.41 bits per heavy atom. The summed E-state index contributed by atoms with van der Waals surface area (Å²) in [6, 6.07) is 10.4. The first-order valence-corrected chi connectivity index (χ1v) is 16.6. The van der Waals surface area contributed by atoms with Gasteiger partial charge in [0.1, 0.15) is 17.2 Å². The molecule has 0 radical (unpaired) electrons. The molecule has 4 heterocycles. The third kappa shape index (κ3) is 4.77. The highest BCUT2D eigenvalue weighted by molar-refractivity contribution is 5.95. The second-order valence-electron chi connectivity index (χ2n) is 13.3. The van der Waals surface area contributed by atoms with E-state index in [0.717, 1.165) is 38.9 Å². The fraction of sp³-hybridized carbons (Fsp3) is 0.421. The van der Waals surface area contributed by atoms with Crippen LogP contribution in [0.15, 0.2) is 36.4 Å². The van der Waals surface area contributed by atoms with Crippen molar-refractivity contribution in [3.8, 4) is 34.5 Å². The maximum absolute atomic E-state index is 13.7. The number of aromatic nitrogens is 1. The number of benzene rings is 3. The van der Waals surface area contributed by atoms with E-state index >= 15 is 0 Å². The van der Waals surface area contributed by atoms with E-state index in [1.807, 2.05) is 44.2 Å². The van der Waals surface area contributed by atoms with Gasteiger partial charge in [-0.25, -0.2) is 4.98 Å². The highest BCUT2D eigenvalue weighted by atomic mass is 16.5. The van der Waals surface area contributed by atoms with Crippen LogP contribution < -0.4 is 24.3 Å². The van der Waals surface area contributed by atoms with Gasteiger partial charge in [0.15, 0.2) is 23.0 Å². The van der Waals surface area contributed by atoms with Crippen molar-refractivity contribution in [3.63, 3.8) is 0 Å². The van der Waals surface area contributed by atoms with Gasteiger partial charge in [-0.3, -0.25) is 14.6 Å². The van der Waals surface area contributed by atoms with Crippen molar-refractivity contribution in [2.75, 3.05) is 42.0 Å². The Hall–Kier alpha value is -4.74. The average molecular weight is 669 g/mol. The number of carbonyl (C=O) groups excluding carboxylic acids is 1. The minimum absolute atomic E-state index is 0.0276. The van der Waals surface area contributed by atoms with Crippen LogP contribution in [0, 0.1) is 13.8 Å². The zero-order chi connectivity index (χ0) is 34.9. The molecule has 3 aliphatic heterocycles. The summed E-state index contributed by atoms with van der Waals surface area (Å²) in [6.45, 7) is 6.17. The van der Waals surface area contributed by atoms with Crippen LogP contribution in [0.3, 0.4) is 0 Å². The number of amides is 1. The second kappa shape index (κ2) is 12.3. The molecule has 258 valence electrons. The number of likely N-dealkylation sites (N-methyl/N-ethyl adjacent to an activating group) is 1. The molecule has 0 spiro atoms. The number of carbonyl (C=O) groups is 1. The predicted octanol–water partition coefficient (Wildman–Crippen LogP) is 4.99. The van der Waals surface area contributed by atoms with Crippen molar-refractivity contribution in [2.45, 2.75) is 63.8 Å². The summed E-state index contributed by atoms with van der Waals surface area (Å²) in [6.07, 6.45) is 1.14. The second-order valence-corrected chi connectivity index (χ2v) is 13.3. The fourth-order valence-corrected chi connectivity index (χ4v) is 9.10. The Morgan fingerprint density at radius 1 is 0.837 bits per heavy atom. The smallest absolute Gasteiger partial charge is 0.269 e. The van der Waals surface area contributed by atoms with Gasteiger partial charge in [0.25, 0.3) is 5.91 Å². The van der Waals surface area contributed by atoms with Gasteiger partial charge in [0.2, 0.25) is 0 Å². The van der Waals surface area contributed by atoms with Crippen LogP contribution in [-0.2, 0) is 12.8 Å². The van der Waals surface area contributed by atoms with E-state index in [9.17, 15) is 15.0 Å². The number of nitrogens with zero attached hydrogens (tertiary/aromatic N) is 3. The molecule has 11 nitrogen and oxygen atoms in total. The summed E-state index contributed by atoms with van der Waals surface area (Å²) < 4.78 is 23.5. The first-order chi connectivity index (χ1) is 23.6. The van der Waals surface area contributed by atoms with Crippen molar-refractivity contribution >= 4 is 16.8 Å². The largest absolute Gasteiger partial charge is 0.504 e. The number of methoxy groups -OCH3 is 4. The molecule has 5 atom stereocenters. The minimum Gasteiger partial charge on any atom is -0.504 e. The molecule has 0 saturated carbocycles. The van der Waals surface area contributed by atoms with Gasteiger partial charge in [-0.05, 0) is 52.8 Å². The minimum atomic E-state index is -0.465. The van der Waals surface area contributed by atoms with E-state index in [0.29, 0.717) is 46.9 Å². The molecule has 3 aliphatic rings. The van der Waals surface area contributed by atoms with Gasteiger partial charge in [-0.1, -0.05) is 24.3 Å². The highest BCUT2D eigenvalue weighted by Crippen LogP contribution is 2.58. The third-order valence-electron chi connectivity index (χ3n) is 11.2. The van der Waals surface area contributed by atoms with Crippen LogP contribution >= 0.6 is 0 Å². The van der Waals surface area contributed by atoms with E-state index < -0.39 is 6.04 Å². The SMILES string of the molecule is COc1c(C)c(OC)c2c(c1O)[C@@H]1[C@@H]3Cc4c(OC)c(C)c(OC)c(O)c4[C@H](CNC(=O)c4ccc5ccccc5n4)N3[C@@H](C)[C@H](C2)N1C. The summed E-state index contributed by atoms with van der Waals surface area (Å²) in [5, 5.41) is 27.8. The van der Waals surface area contributed by atoms with Gasteiger partial charge in [-0.15, -0.1) is 0 Å². The van der Waals surface area contributed by atoms with Gasteiger partial charge in [-0.2, -0.15) is 0 Å². The van der Waals surface area contributed by atoms with Gasteiger partial charge in [0.05, 0.1) is 46.0 Å². The van der Waals surface area contributed by atoms with E-state index in [-0.39, 0.29) is 48.1 Å². The molecule has 1 aromatic heterocycles. The maximum atomic E-state index is 13.7. The predicted molar refractivity (Wildman–Crippen MR) is 186 cm³/mol. The molecular formula is C38H44N4O7. The van der Waals surface area contributed by atoms with Crippen LogP contribution in [0.5, 0.6) is 34.5 Å². The van der Waals surface area contributed by atoms with E-state index in [4.69, 9.17) is 18.9 Å². The molecule has 1 fully saturated rings. The van der Waals surface area contributed by atoms with Crippen LogP contribution in [0.1, 0.15) is 62.9 Å². The molecule has 1 amide bonds. The number of aromatic hydroxyl groups is 2. The summed E-state index contributed by atoms with van der Waals surface area (Å²) in [7, 11) is 8.48. The van der Waals surface area contributed by atoms with Crippen molar-refractivity contribution < 1.29 is 34.0 Å². The summed E-state index contributed by atoms with van der Waals surface area (Å²) in [5.41, 5.74) is 5.78. The number of piperazine rings is 1. The number of ether oxygens (including phenoxy) is 4. The van der Waals surface area contributed by atoms with Crippen LogP contribution in [0.25, 0.3) is 10.9 Å². The number of rotatable bonds is 7. The number of hydrogen-bond acceptors (Lipinski definition) is 10. The molecule has 7 rings (SSSR count). The lowest BCUT2D eigenvalue weighted by atomic mass is 9.71. The Kier molecular flexibility index (Phi) is 8.23. The molecule has 49 heavy (non-hydrogen) atoms. The topological polar surface area (TPSA) is 126 Å². The third-order valence-corrected chi connectivity index (χ3v) is 11.2. The molecule has 11 heteroatoms. The zero-order valence-corrected chi connectivity index (χ0v) is 29.2. The summed E-state index contributed by atoms with van der Waals surface area (Å²) in [4.78, 5) is 23.1. The lowest BCUT2D eigenvalue weighted by Gasteiger charge is -2.61. The number of phenols is 2. The number of nitrogens with one attached hydrogen (secondary N) is 1. The Balaban J connectivity index is 1.39. The number of phenolic OH excluding ortho intramolecular Hbond substituents is 2. The van der Waals surface area contributed by atoms with Crippen molar-refractivity contribution in [1.29, 1.82) is 0 Å². The fourth-order valence-electron chi connectivity index (χ4n) is 9.10. The van der Waals surface area contributed by atoms with Crippen LogP contribution in [0.4, 0.5) is 0 Å². The number of pyridine rings is 1. The first-order valence-electron chi connectivity index (χ1n) is 16.6. The Bertz CT molecular complexity index is 1980. The van der Waals surface area contributed by atoms with Crippen molar-refractivity contribution in [2.24, 2.45) is 0 Å². The van der Waals surface area contributed by atoms with E-state index in [1.165, 1.54) is 7.11 Å². The molecule has 0 aliphatic carbocycles. The Labute approximate surface area is 286 Å². The lowest BCUT2D eigenvalue weighted by molar-refractivity contribution is -0.0846. The quantitative estimate of drug-likeness (QED) is 0.248. The Morgan fingerprint density at radius 3 is 2.04 bits per heavy atom. The monoisotopic (exact) mass is 668 g/mol. The summed E-state index contributed by atoms with van der Waals surface area (Å²) >= 11 is 0. The molecule has 3 N–H and O–H groups in total. The van der Waals surface area contributed by atoms with Crippen LogP contribution in [-0.4, -0.2) is 91.1 Å². The number of para-hydroxylation sites is 1. The highest BCUT2D eigenvalue weighted by Gasteiger charge is 2.55. The lowest BCUT2D eigenvalue weighted by Crippen LogP contribution is -2.68. The standard InChI is InChI=1S/C38H44N4O7/c1-18-34(46-5)22-16-27-31-30-23(35(47-6)19(2)37(49-8)33(30)44)15-26(41(31)4)20(3)42(27)28(29(22)32(43)36(18)48-7)17-39-38(45)25-14-13-21-11-9-10-12-24(21)40-25/h9-14,20,26-28,31,43-44H,15-17H2,1-8H3,(H,39,45)/t20-,26-,27-,28-,31-/m0/s1. The number of hydrogen-bond donors (Lipinski definition) is 3. The molecule has 4 aromatic rings. The van der Waals surface area contributed by atoms with Crippen LogP contribution in [0.2, 0.25) is 0 Å². The molecule has 0 unspecified atom stereocenters. The number of fused-ring (bicyclic) bond motifs is 8. The van der Waals surface area contributed by atoms with Gasteiger partial charge in [0, 0.05) is 63.4 Å². The molecule has 3 aromatic carbocycles. The van der Waals surface area contributed by atoms with Gasteiger partial charge >= 0.3 is 0 Å². The van der Waals surface area contributed by atoms with Gasteiger partial charge < -0.3 is 34.5 Å². The average Bonchev–Trinajstić information content (AvgIpc) is 3.09. The first kappa shape index (κ1) is 32.8. The normalized spacial score (nSPS) is 22.9. The maximum Gasteiger partial charge on any atom is 0.269 e. The zero-order valence-electron chi connectivity index (χ0n) is 29.2. The van der Waals surface area contributed by atoms with Crippen molar-refractivity contribution in [1.82, 2.24) is 20.1 Å². The molecule has 2 bridgehead atoms. The molecular weight excluding hydrogens is 624 g/mol. The van der Waals surface area contributed by atoms with E-state index in [2.05, 4.69) is 34.1 Å².